The zero-order valence-electron chi connectivity index (χ0n) is 17.0. The molecule has 156 valence electrons. The minimum Gasteiger partial charge on any atom is -0.492 e. The van der Waals surface area contributed by atoms with Crippen molar-refractivity contribution in [3.8, 4) is 5.75 Å². The van der Waals surface area contributed by atoms with E-state index in [0.717, 1.165) is 28.0 Å². The first kappa shape index (κ1) is 20.6. The van der Waals surface area contributed by atoms with E-state index in [1.54, 1.807) is 12.1 Å². The van der Waals surface area contributed by atoms with Crippen LogP contribution >= 0.6 is 0 Å². The number of nitrogens with zero attached hydrogens (tertiary/aromatic N) is 1. The largest absolute Gasteiger partial charge is 0.492 e. The van der Waals surface area contributed by atoms with Gasteiger partial charge in [-0.05, 0) is 42.3 Å². The molecule has 0 fully saturated rings. The van der Waals surface area contributed by atoms with E-state index in [9.17, 15) is 8.42 Å². The summed E-state index contributed by atoms with van der Waals surface area (Å²) in [5.74, 6) is 0.725. The Hall–Kier alpha value is -2.67. The third kappa shape index (κ3) is 4.73. The van der Waals surface area contributed by atoms with Gasteiger partial charge in [-0.25, -0.2) is 8.42 Å². The predicted octanol–water partition coefficient (Wildman–Crippen LogP) is 4.30. The minimum absolute atomic E-state index is 0.276. The summed E-state index contributed by atoms with van der Waals surface area (Å²) in [7, 11) is -3.59. The quantitative estimate of drug-likeness (QED) is 0.593. The fraction of sp³-hybridized carbons (Fsp3) is 0.250. The summed E-state index contributed by atoms with van der Waals surface area (Å²) in [6.45, 7) is 3.83. The van der Waals surface area contributed by atoms with Crippen molar-refractivity contribution < 1.29 is 17.9 Å². The first-order valence-electron chi connectivity index (χ1n) is 9.95. The molecule has 0 saturated heterocycles. The molecule has 0 spiro atoms. The average molecular weight is 424 g/mol. The molecule has 0 bridgehead atoms. The molecule has 3 aromatic carbocycles. The highest BCUT2D eigenvalue weighted by molar-refractivity contribution is 7.89. The van der Waals surface area contributed by atoms with Crippen LogP contribution in [0.5, 0.6) is 5.75 Å². The van der Waals surface area contributed by atoms with E-state index < -0.39 is 10.0 Å². The lowest BCUT2D eigenvalue weighted by molar-refractivity contribution is 0.107. The summed E-state index contributed by atoms with van der Waals surface area (Å²) in [4.78, 5) is 0.305. The van der Waals surface area contributed by atoms with Crippen LogP contribution in [0.2, 0.25) is 0 Å². The van der Waals surface area contributed by atoms with Crippen molar-refractivity contribution in [3.05, 3.63) is 95.1 Å². The van der Waals surface area contributed by atoms with Gasteiger partial charge in [-0.2, -0.15) is 4.31 Å². The van der Waals surface area contributed by atoms with Gasteiger partial charge < -0.3 is 9.47 Å². The van der Waals surface area contributed by atoms with Crippen molar-refractivity contribution in [2.24, 2.45) is 0 Å². The van der Waals surface area contributed by atoms with Crippen LogP contribution in [-0.2, 0) is 34.5 Å². The Morgan fingerprint density at radius 3 is 2.43 bits per heavy atom. The Morgan fingerprint density at radius 1 is 0.933 bits per heavy atom. The highest BCUT2D eigenvalue weighted by Crippen LogP contribution is 2.28. The van der Waals surface area contributed by atoms with E-state index in [4.69, 9.17) is 9.47 Å². The van der Waals surface area contributed by atoms with Crippen molar-refractivity contribution in [1.82, 2.24) is 4.31 Å². The molecule has 0 amide bonds. The van der Waals surface area contributed by atoms with Gasteiger partial charge in [0.2, 0.25) is 10.0 Å². The molecule has 1 heterocycles. The Labute approximate surface area is 177 Å². The van der Waals surface area contributed by atoms with Gasteiger partial charge >= 0.3 is 0 Å². The highest BCUT2D eigenvalue weighted by atomic mass is 32.2. The van der Waals surface area contributed by atoms with E-state index in [0.29, 0.717) is 31.3 Å². The molecule has 0 aromatic heterocycles. The maximum atomic E-state index is 13.1. The smallest absolute Gasteiger partial charge is 0.243 e. The van der Waals surface area contributed by atoms with Gasteiger partial charge in [0, 0.05) is 18.7 Å². The summed E-state index contributed by atoms with van der Waals surface area (Å²) in [6.07, 6.45) is 0. The summed E-state index contributed by atoms with van der Waals surface area (Å²) in [5.41, 5.74) is 3.98. The number of aryl methyl sites for hydroxylation is 1. The zero-order valence-corrected chi connectivity index (χ0v) is 17.8. The second kappa shape index (κ2) is 9.00. The lowest BCUT2D eigenvalue weighted by atomic mass is 10.1. The van der Waals surface area contributed by atoms with Crippen molar-refractivity contribution in [1.29, 1.82) is 0 Å². The molecule has 4 rings (SSSR count). The normalized spacial score (nSPS) is 14.6. The van der Waals surface area contributed by atoms with Crippen LogP contribution < -0.4 is 4.74 Å². The predicted molar refractivity (Wildman–Crippen MR) is 116 cm³/mol. The molecule has 0 N–H and O–H groups in total. The molecule has 5 nitrogen and oxygen atoms in total. The Kier molecular flexibility index (Phi) is 6.18. The van der Waals surface area contributed by atoms with Gasteiger partial charge in [-0.15, -0.1) is 0 Å². The van der Waals surface area contributed by atoms with Gasteiger partial charge in [0.25, 0.3) is 0 Å². The number of sulfonamides is 1. The third-order valence-corrected chi connectivity index (χ3v) is 6.97. The number of hydrogen-bond donors (Lipinski definition) is 0. The Balaban J connectivity index is 1.49. The molecule has 0 aliphatic carbocycles. The molecule has 30 heavy (non-hydrogen) atoms. The third-order valence-electron chi connectivity index (χ3n) is 5.11. The molecule has 1 aliphatic rings. The highest BCUT2D eigenvalue weighted by Gasteiger charge is 2.27. The first-order chi connectivity index (χ1) is 14.5. The fourth-order valence-corrected chi connectivity index (χ4v) is 4.84. The maximum absolute atomic E-state index is 13.1. The van der Waals surface area contributed by atoms with Crippen molar-refractivity contribution in [2.75, 3.05) is 13.2 Å². The van der Waals surface area contributed by atoms with Gasteiger partial charge in [0.15, 0.2) is 0 Å². The number of hydrogen-bond acceptors (Lipinski definition) is 4. The second-order valence-electron chi connectivity index (χ2n) is 7.42. The molecule has 0 atom stereocenters. The zero-order chi connectivity index (χ0) is 21.0. The summed E-state index contributed by atoms with van der Waals surface area (Å²) < 4.78 is 39.4. The summed E-state index contributed by atoms with van der Waals surface area (Å²) in [5, 5.41) is 0. The van der Waals surface area contributed by atoms with Crippen LogP contribution in [0.1, 0.15) is 22.3 Å². The van der Waals surface area contributed by atoms with Crippen LogP contribution in [0.15, 0.2) is 77.7 Å². The van der Waals surface area contributed by atoms with Crippen LogP contribution in [-0.4, -0.2) is 25.9 Å². The van der Waals surface area contributed by atoms with Gasteiger partial charge in [0.05, 0.1) is 18.1 Å². The Bertz CT molecular complexity index is 1100. The standard InChI is InChI=1S/C24H25NO4S/c1-19-7-10-23(11-8-19)30(26,27)25-13-14-29-24-12-9-21(15-22(24)16-25)18-28-17-20-5-3-2-4-6-20/h2-12,15H,13-14,16-18H2,1H3. The number of rotatable bonds is 6. The first-order valence-corrected chi connectivity index (χ1v) is 11.4. The molecule has 6 heteroatoms. The van der Waals surface area contributed by atoms with Crippen molar-refractivity contribution >= 4 is 10.0 Å². The van der Waals surface area contributed by atoms with Crippen molar-refractivity contribution in [2.45, 2.75) is 31.6 Å². The molecule has 0 radical (unpaired) electrons. The lowest BCUT2D eigenvalue weighted by Gasteiger charge is -2.20. The molecule has 3 aromatic rings. The van der Waals surface area contributed by atoms with Gasteiger partial charge in [-0.3, -0.25) is 0 Å². The average Bonchev–Trinajstić information content (AvgIpc) is 2.97. The number of benzene rings is 3. The van der Waals surface area contributed by atoms with E-state index in [2.05, 4.69) is 0 Å². The van der Waals surface area contributed by atoms with Crippen molar-refractivity contribution in [3.63, 3.8) is 0 Å². The molecular formula is C24H25NO4S. The van der Waals surface area contributed by atoms with E-state index >= 15 is 0 Å². The maximum Gasteiger partial charge on any atom is 0.243 e. The van der Waals surface area contributed by atoms with Crippen LogP contribution in [0, 0.1) is 6.92 Å². The molecule has 1 aliphatic heterocycles. The summed E-state index contributed by atoms with van der Waals surface area (Å²) >= 11 is 0. The minimum atomic E-state index is -3.59. The van der Waals surface area contributed by atoms with Gasteiger partial charge in [-0.1, -0.05) is 54.1 Å². The van der Waals surface area contributed by atoms with E-state index in [-0.39, 0.29) is 6.54 Å². The number of ether oxygens (including phenoxy) is 2. The summed E-state index contributed by atoms with van der Waals surface area (Å²) in [6, 6.07) is 22.8. The number of fused-ring (bicyclic) bond motifs is 1. The van der Waals surface area contributed by atoms with Crippen LogP contribution in [0.3, 0.4) is 0 Å². The van der Waals surface area contributed by atoms with E-state index in [1.807, 2.05) is 67.6 Å². The molecule has 0 saturated carbocycles. The fourth-order valence-electron chi connectivity index (χ4n) is 3.44. The molecular weight excluding hydrogens is 398 g/mol. The monoisotopic (exact) mass is 423 g/mol. The second-order valence-corrected chi connectivity index (χ2v) is 9.36. The van der Waals surface area contributed by atoms with Gasteiger partial charge in [0.1, 0.15) is 12.4 Å². The molecule has 0 unspecified atom stereocenters. The Morgan fingerprint density at radius 2 is 1.67 bits per heavy atom. The lowest BCUT2D eigenvalue weighted by Crippen LogP contribution is -2.32. The van der Waals surface area contributed by atoms with E-state index in [1.165, 1.54) is 4.31 Å². The van der Waals surface area contributed by atoms with Crippen LogP contribution in [0.4, 0.5) is 0 Å². The topological polar surface area (TPSA) is 55.8 Å². The van der Waals surface area contributed by atoms with Crippen LogP contribution in [0.25, 0.3) is 0 Å². The SMILES string of the molecule is Cc1ccc(S(=O)(=O)N2CCOc3ccc(COCc4ccccc4)cc3C2)cc1.